The second-order valence-electron chi connectivity index (χ2n) is 6.08. The van der Waals surface area contributed by atoms with Crippen LogP contribution in [0, 0.1) is 0 Å². The van der Waals surface area contributed by atoms with Gasteiger partial charge >= 0.3 is 6.18 Å². The number of sulfonamides is 1. The Morgan fingerprint density at radius 1 is 1.18 bits per heavy atom. The predicted octanol–water partition coefficient (Wildman–Crippen LogP) is 2.57. The second-order valence-corrected chi connectivity index (χ2v) is 8.49. The van der Waals surface area contributed by atoms with Crippen molar-refractivity contribution >= 4 is 33.3 Å². The van der Waals surface area contributed by atoms with E-state index in [0.717, 1.165) is 9.80 Å². The number of aliphatic imine (C=N–C) groups is 1. The number of halogens is 3. The fraction of sp³-hybridized carbons (Fsp3) is 0.235. The Morgan fingerprint density at radius 3 is 2.32 bits per heavy atom. The smallest absolute Gasteiger partial charge is 0.361 e. The number of para-hydroxylation sites is 1. The highest BCUT2D eigenvalue weighted by molar-refractivity contribution is 7.98. The Balaban J connectivity index is 2.19. The summed E-state index contributed by atoms with van der Waals surface area (Å²) in [6, 6.07) is 11.9. The van der Waals surface area contributed by atoms with Crippen LogP contribution in [-0.2, 0) is 10.0 Å². The minimum absolute atomic E-state index is 0.0992. The number of β-amino-alcohol motifs (C(OH)–C–C–N with tert-alkyl or cyclic N) is 1. The van der Waals surface area contributed by atoms with Crippen molar-refractivity contribution in [2.45, 2.75) is 21.7 Å². The highest BCUT2D eigenvalue weighted by Crippen LogP contribution is 2.40. The van der Waals surface area contributed by atoms with Gasteiger partial charge in [0.05, 0.1) is 12.2 Å². The Bertz CT molecular complexity index is 1020. The number of rotatable bonds is 4. The maximum absolute atomic E-state index is 13.4. The lowest BCUT2D eigenvalue weighted by atomic mass is 10.1. The first-order chi connectivity index (χ1) is 13.0. The zero-order valence-corrected chi connectivity index (χ0v) is 16.1. The second kappa shape index (κ2) is 7.07. The highest BCUT2D eigenvalue weighted by Gasteiger charge is 2.59. The van der Waals surface area contributed by atoms with Crippen LogP contribution in [-0.4, -0.2) is 44.1 Å². The molecule has 2 aromatic rings. The SMILES string of the molecule is CSc1ccc(C2=NC(O)(C(F)(F)F)CN2c2ccccc2S(N)(=O)=O)cc1. The average Bonchev–Trinajstić information content (AvgIpc) is 3.00. The van der Waals surface area contributed by atoms with Crippen LogP contribution in [0.3, 0.4) is 0 Å². The van der Waals surface area contributed by atoms with Gasteiger partial charge in [0, 0.05) is 10.5 Å². The van der Waals surface area contributed by atoms with Gasteiger partial charge in [-0.05, 0) is 30.5 Å². The molecule has 3 rings (SSSR count). The maximum atomic E-state index is 13.4. The van der Waals surface area contributed by atoms with E-state index >= 15 is 0 Å². The van der Waals surface area contributed by atoms with Crippen molar-refractivity contribution < 1.29 is 26.7 Å². The quantitative estimate of drug-likeness (QED) is 0.726. The van der Waals surface area contributed by atoms with Crippen LogP contribution in [0.25, 0.3) is 0 Å². The van der Waals surface area contributed by atoms with E-state index < -0.39 is 28.5 Å². The van der Waals surface area contributed by atoms with Crippen molar-refractivity contribution in [3.8, 4) is 0 Å². The molecule has 0 saturated carbocycles. The van der Waals surface area contributed by atoms with E-state index in [-0.39, 0.29) is 16.4 Å². The van der Waals surface area contributed by atoms with Gasteiger partial charge in [0.25, 0.3) is 5.72 Å². The average molecular weight is 431 g/mol. The van der Waals surface area contributed by atoms with Crippen molar-refractivity contribution in [2.24, 2.45) is 10.1 Å². The number of nitrogens with zero attached hydrogens (tertiary/aromatic N) is 2. The topological polar surface area (TPSA) is 96.0 Å². The third-order valence-electron chi connectivity index (χ3n) is 4.19. The standard InChI is InChI=1S/C17H16F3N3O3S2/c1-27-12-8-6-11(7-9-12)15-22-16(24,17(18,19)20)10-23(15)13-4-2-3-5-14(13)28(21,25)26/h2-9,24H,10H2,1H3,(H2,21,25,26). The van der Waals surface area contributed by atoms with Crippen LogP contribution in [0.1, 0.15) is 5.56 Å². The number of thioether (sulfide) groups is 1. The monoisotopic (exact) mass is 431 g/mol. The fourth-order valence-corrected chi connectivity index (χ4v) is 3.95. The van der Waals surface area contributed by atoms with Gasteiger partial charge in [0.15, 0.2) is 0 Å². The number of alkyl halides is 3. The molecule has 1 aliphatic heterocycles. The summed E-state index contributed by atoms with van der Waals surface area (Å²) in [6.07, 6.45) is -3.21. The molecule has 150 valence electrons. The molecule has 3 N–H and O–H groups in total. The lowest BCUT2D eigenvalue weighted by Crippen LogP contribution is -2.48. The number of primary sulfonamides is 1. The first-order valence-corrected chi connectivity index (χ1v) is 10.7. The summed E-state index contributed by atoms with van der Waals surface area (Å²) in [5.41, 5.74) is -3.19. The normalized spacial score (nSPS) is 20.4. The zero-order chi connectivity index (χ0) is 20.7. The van der Waals surface area contributed by atoms with Gasteiger partial charge in [-0.15, -0.1) is 11.8 Å². The molecule has 6 nitrogen and oxygen atoms in total. The summed E-state index contributed by atoms with van der Waals surface area (Å²) >= 11 is 1.45. The minimum atomic E-state index is -5.05. The molecule has 0 bridgehead atoms. The molecular weight excluding hydrogens is 415 g/mol. The van der Waals surface area contributed by atoms with E-state index in [1.54, 1.807) is 24.3 Å². The maximum Gasteiger partial charge on any atom is 0.440 e. The molecule has 0 aliphatic carbocycles. The van der Waals surface area contributed by atoms with Gasteiger partial charge in [0.1, 0.15) is 10.7 Å². The van der Waals surface area contributed by atoms with E-state index in [9.17, 15) is 26.7 Å². The van der Waals surface area contributed by atoms with Crippen molar-refractivity contribution in [3.63, 3.8) is 0 Å². The molecule has 0 amide bonds. The predicted molar refractivity (Wildman–Crippen MR) is 101 cm³/mol. The van der Waals surface area contributed by atoms with E-state index in [0.29, 0.717) is 5.56 Å². The zero-order valence-electron chi connectivity index (χ0n) is 14.5. The van der Waals surface area contributed by atoms with Gasteiger partial charge in [-0.1, -0.05) is 24.3 Å². The van der Waals surface area contributed by atoms with E-state index in [2.05, 4.69) is 4.99 Å². The molecule has 0 saturated heterocycles. The number of benzene rings is 2. The Kier molecular flexibility index (Phi) is 5.21. The van der Waals surface area contributed by atoms with Crippen LogP contribution in [0.2, 0.25) is 0 Å². The Morgan fingerprint density at radius 2 is 1.79 bits per heavy atom. The third kappa shape index (κ3) is 3.75. The first kappa shape index (κ1) is 20.6. The van der Waals surface area contributed by atoms with Crippen molar-refractivity contribution in [1.29, 1.82) is 0 Å². The van der Waals surface area contributed by atoms with Crippen molar-refractivity contribution in [1.82, 2.24) is 0 Å². The number of aliphatic hydroxyl groups is 1. The number of nitrogens with two attached hydrogens (primary N) is 1. The molecule has 0 spiro atoms. The summed E-state index contributed by atoms with van der Waals surface area (Å²) < 4.78 is 64.2. The van der Waals surface area contributed by atoms with E-state index in [1.807, 2.05) is 6.26 Å². The third-order valence-corrected chi connectivity index (χ3v) is 5.89. The number of anilines is 1. The van der Waals surface area contributed by atoms with Gasteiger partial charge in [-0.3, -0.25) is 0 Å². The molecule has 0 aromatic heterocycles. The van der Waals surface area contributed by atoms with Crippen LogP contribution < -0.4 is 10.0 Å². The molecule has 1 unspecified atom stereocenters. The van der Waals surface area contributed by atoms with Gasteiger partial charge < -0.3 is 10.0 Å². The fourth-order valence-electron chi connectivity index (χ4n) is 2.80. The summed E-state index contributed by atoms with van der Waals surface area (Å²) in [7, 11) is -4.22. The van der Waals surface area contributed by atoms with Crippen LogP contribution in [0.4, 0.5) is 18.9 Å². The van der Waals surface area contributed by atoms with E-state index in [1.165, 1.54) is 36.0 Å². The molecule has 28 heavy (non-hydrogen) atoms. The van der Waals surface area contributed by atoms with Gasteiger partial charge in [0.2, 0.25) is 10.0 Å². The molecular formula is C17H16F3N3O3S2. The lowest BCUT2D eigenvalue weighted by molar-refractivity contribution is -0.249. The number of hydrogen-bond donors (Lipinski definition) is 2. The lowest BCUT2D eigenvalue weighted by Gasteiger charge is -2.26. The Hall–Kier alpha value is -2.08. The van der Waals surface area contributed by atoms with E-state index in [4.69, 9.17) is 5.14 Å². The molecule has 0 fully saturated rings. The van der Waals surface area contributed by atoms with Crippen LogP contribution >= 0.6 is 11.8 Å². The van der Waals surface area contributed by atoms with Crippen molar-refractivity contribution in [3.05, 3.63) is 54.1 Å². The summed E-state index contributed by atoms with van der Waals surface area (Å²) in [5, 5.41) is 15.4. The van der Waals surface area contributed by atoms with Crippen LogP contribution in [0.15, 0.2) is 63.3 Å². The molecule has 2 aromatic carbocycles. The van der Waals surface area contributed by atoms with Gasteiger partial charge in [-0.2, -0.15) is 13.2 Å². The highest BCUT2D eigenvalue weighted by atomic mass is 32.2. The minimum Gasteiger partial charge on any atom is -0.361 e. The number of amidine groups is 1. The summed E-state index contributed by atoms with van der Waals surface area (Å²) in [6.45, 7) is -0.997. The molecule has 1 aliphatic rings. The van der Waals surface area contributed by atoms with Crippen molar-refractivity contribution in [2.75, 3.05) is 17.7 Å². The molecule has 1 atom stereocenters. The molecule has 0 radical (unpaired) electrons. The largest absolute Gasteiger partial charge is 0.440 e. The van der Waals surface area contributed by atoms with Crippen LogP contribution in [0.5, 0.6) is 0 Å². The van der Waals surface area contributed by atoms with Gasteiger partial charge in [-0.25, -0.2) is 18.5 Å². The first-order valence-electron chi connectivity index (χ1n) is 7.89. The summed E-state index contributed by atoms with van der Waals surface area (Å²) in [5.74, 6) is -0.205. The molecule has 11 heteroatoms. The number of hydrogen-bond acceptors (Lipinski definition) is 6. The summed E-state index contributed by atoms with van der Waals surface area (Å²) in [4.78, 5) is 5.06. The molecule has 1 heterocycles. The Labute approximate surface area is 163 Å².